The summed E-state index contributed by atoms with van der Waals surface area (Å²) in [7, 11) is -2.10. The largest absolute Gasteiger partial charge is 0.479 e. The molecule has 8 nitrogen and oxygen atoms in total. The Morgan fingerprint density at radius 3 is 2.72 bits per heavy atom. The van der Waals surface area contributed by atoms with E-state index in [0.717, 1.165) is 48.6 Å². The van der Waals surface area contributed by atoms with Crippen molar-refractivity contribution in [3.63, 3.8) is 0 Å². The molecule has 0 spiro atoms. The van der Waals surface area contributed by atoms with Crippen LogP contribution in [0.4, 0.5) is 15.9 Å². The minimum absolute atomic E-state index is 0.0399. The highest BCUT2D eigenvalue weighted by Gasteiger charge is 2.57. The topological polar surface area (TPSA) is 106 Å². The van der Waals surface area contributed by atoms with Crippen molar-refractivity contribution in [1.82, 2.24) is 15.3 Å². The van der Waals surface area contributed by atoms with E-state index >= 15 is 0 Å². The van der Waals surface area contributed by atoms with Crippen molar-refractivity contribution in [3.8, 4) is 5.75 Å². The number of hydrogen-bond acceptors (Lipinski definition) is 7. The summed E-state index contributed by atoms with van der Waals surface area (Å²) in [6.45, 7) is 3.73. The lowest BCUT2D eigenvalue weighted by atomic mass is 9.50. The van der Waals surface area contributed by atoms with E-state index < -0.39 is 21.7 Å². The van der Waals surface area contributed by atoms with Crippen molar-refractivity contribution >= 4 is 33.2 Å². The van der Waals surface area contributed by atoms with Gasteiger partial charge in [0.15, 0.2) is 6.10 Å². The quantitative estimate of drug-likeness (QED) is 0.567. The van der Waals surface area contributed by atoms with Crippen LogP contribution in [0.3, 0.4) is 0 Å². The van der Waals surface area contributed by atoms with Gasteiger partial charge in [0.1, 0.15) is 23.7 Å². The van der Waals surface area contributed by atoms with Gasteiger partial charge in [0.2, 0.25) is 0 Å². The number of rotatable bonds is 7. The number of nitrogens with zero attached hydrogens (tertiary/aromatic N) is 3. The highest BCUT2D eigenvalue weighted by molar-refractivity contribution is 7.94. The van der Waals surface area contributed by atoms with Crippen LogP contribution in [0.1, 0.15) is 63.1 Å². The van der Waals surface area contributed by atoms with Gasteiger partial charge in [-0.3, -0.25) is 4.79 Å². The van der Waals surface area contributed by atoms with E-state index in [0.29, 0.717) is 29.4 Å². The van der Waals surface area contributed by atoms with Gasteiger partial charge in [0.25, 0.3) is 5.91 Å². The summed E-state index contributed by atoms with van der Waals surface area (Å²) in [6, 6.07) is 4.19. The zero-order chi connectivity index (χ0) is 25.1. The van der Waals surface area contributed by atoms with Crippen LogP contribution in [0.2, 0.25) is 0 Å². The Hall–Kier alpha value is -3.01. The maximum absolute atomic E-state index is 14.2. The number of benzene rings is 1. The van der Waals surface area contributed by atoms with Gasteiger partial charge in [-0.05, 0) is 69.1 Å². The van der Waals surface area contributed by atoms with E-state index in [-0.39, 0.29) is 23.1 Å². The number of hydrogen-bond donors (Lipinski definition) is 2. The third-order valence-corrected chi connectivity index (χ3v) is 10.2. The third kappa shape index (κ3) is 4.25. The van der Waals surface area contributed by atoms with E-state index in [1.165, 1.54) is 18.5 Å². The normalized spacial score (nSPS) is 27.7. The molecule has 1 unspecified atom stereocenters. The van der Waals surface area contributed by atoms with Crippen LogP contribution in [0.5, 0.6) is 5.75 Å². The van der Waals surface area contributed by atoms with Gasteiger partial charge in [0, 0.05) is 28.7 Å². The van der Waals surface area contributed by atoms with Gasteiger partial charge in [-0.2, -0.15) is 0 Å². The number of fused-ring (bicyclic) bond motifs is 1. The molecular weight excluding hydrogens is 481 g/mol. The third-order valence-electron chi connectivity index (χ3n) is 7.73. The van der Waals surface area contributed by atoms with Crippen LogP contribution in [0.15, 0.2) is 34.6 Å². The summed E-state index contributed by atoms with van der Waals surface area (Å²) in [5.74, 6) is 2.28. The second kappa shape index (κ2) is 8.54. The molecule has 1 amide bonds. The lowest BCUT2D eigenvalue weighted by molar-refractivity contribution is -0.138. The Balaban J connectivity index is 1.24. The summed E-state index contributed by atoms with van der Waals surface area (Å²) in [5, 5.41) is 6.38. The number of halogens is 1. The summed E-state index contributed by atoms with van der Waals surface area (Å²) < 4.78 is 37.3. The summed E-state index contributed by atoms with van der Waals surface area (Å²) in [6.07, 6.45) is 7.27. The SMILES string of the molecule is CC1CC(N=S2(=O)CCC2)=Cc2ncnc(Nc3ccc(F)cc3O[C@H](C)C(=O)NC34CC(C3)C4)c21. The zero-order valence-electron chi connectivity index (χ0n) is 20.4. The molecule has 2 heterocycles. The van der Waals surface area contributed by atoms with Crippen molar-refractivity contribution in [1.29, 1.82) is 0 Å². The highest BCUT2D eigenvalue weighted by Crippen LogP contribution is 2.57. The van der Waals surface area contributed by atoms with Crippen molar-refractivity contribution in [2.45, 2.75) is 63.5 Å². The van der Waals surface area contributed by atoms with Crippen LogP contribution in [-0.4, -0.2) is 43.2 Å². The number of nitrogens with one attached hydrogen (secondary N) is 2. The molecule has 2 N–H and O–H groups in total. The van der Waals surface area contributed by atoms with Crippen molar-refractivity contribution in [2.24, 2.45) is 10.3 Å². The minimum Gasteiger partial charge on any atom is -0.479 e. The molecule has 1 aromatic heterocycles. The number of carbonyl (C=O) groups is 1. The fourth-order valence-corrected chi connectivity index (χ4v) is 7.08. The molecule has 2 aromatic rings. The predicted molar refractivity (Wildman–Crippen MR) is 136 cm³/mol. The lowest BCUT2D eigenvalue weighted by Crippen LogP contribution is -2.69. The molecule has 4 aliphatic carbocycles. The number of amides is 1. The maximum atomic E-state index is 14.2. The monoisotopic (exact) mass is 511 g/mol. The Kier molecular flexibility index (Phi) is 5.55. The molecule has 4 fully saturated rings. The molecule has 1 aliphatic heterocycles. The Morgan fingerprint density at radius 2 is 2.06 bits per heavy atom. The molecule has 2 bridgehead atoms. The molecule has 190 valence electrons. The van der Waals surface area contributed by atoms with Crippen LogP contribution in [0.25, 0.3) is 6.08 Å². The molecule has 10 heteroatoms. The first kappa shape index (κ1) is 23.4. The molecule has 1 saturated heterocycles. The molecule has 7 rings (SSSR count). The van der Waals surface area contributed by atoms with Crippen LogP contribution in [-0.2, 0) is 14.5 Å². The minimum atomic E-state index is -2.10. The molecule has 5 aliphatic rings. The molecule has 1 aromatic carbocycles. The first-order chi connectivity index (χ1) is 17.2. The Morgan fingerprint density at radius 1 is 1.28 bits per heavy atom. The fraction of sp³-hybridized carbons (Fsp3) is 0.500. The number of allylic oxidation sites excluding steroid dienone is 1. The van der Waals surface area contributed by atoms with Crippen LogP contribution < -0.4 is 15.4 Å². The predicted octanol–water partition coefficient (Wildman–Crippen LogP) is 4.52. The van der Waals surface area contributed by atoms with Crippen molar-refractivity contribution < 1.29 is 18.1 Å². The van der Waals surface area contributed by atoms with Gasteiger partial charge in [-0.15, -0.1) is 0 Å². The van der Waals surface area contributed by atoms with Gasteiger partial charge in [-0.1, -0.05) is 6.92 Å². The van der Waals surface area contributed by atoms with Crippen molar-refractivity contribution in [2.75, 3.05) is 16.8 Å². The standard InChI is InChI=1S/C26H30FN5O3S/c1-15-8-19(32-36(34)6-3-7-36)10-21-23(15)24(29-14-28-21)30-20-5-4-18(27)9-22(20)35-16(2)25(33)31-26-11-17(12-26)13-26/h4-5,9-10,14-17H,3,6-8,11-13H2,1-2H3,(H,31,33)(H,28,29,30)/t15?,16-,17?,26?/m1/s1. The van der Waals surface area contributed by atoms with E-state index in [1.807, 2.05) is 6.08 Å². The average Bonchev–Trinajstić information content (AvgIpc) is 2.75. The van der Waals surface area contributed by atoms with E-state index in [4.69, 9.17) is 4.74 Å². The lowest BCUT2D eigenvalue weighted by Gasteiger charge is -2.62. The van der Waals surface area contributed by atoms with E-state index in [2.05, 4.69) is 31.9 Å². The van der Waals surface area contributed by atoms with Crippen LogP contribution >= 0.6 is 0 Å². The summed E-state index contributed by atoms with van der Waals surface area (Å²) in [4.78, 5) is 21.6. The van der Waals surface area contributed by atoms with Gasteiger partial charge in [-0.25, -0.2) is 22.9 Å². The molecule has 3 saturated carbocycles. The fourth-order valence-electron chi connectivity index (χ4n) is 5.57. The van der Waals surface area contributed by atoms with E-state index in [1.54, 1.807) is 13.0 Å². The molecular formula is C26H30FN5O3S. The number of anilines is 2. The van der Waals surface area contributed by atoms with E-state index in [9.17, 15) is 13.4 Å². The average molecular weight is 512 g/mol. The summed E-state index contributed by atoms with van der Waals surface area (Å²) >= 11 is 0. The Bertz CT molecular complexity index is 1370. The van der Waals surface area contributed by atoms with Crippen LogP contribution in [0, 0.1) is 11.7 Å². The summed E-state index contributed by atoms with van der Waals surface area (Å²) in [5.41, 5.74) is 2.89. The number of carbonyl (C=O) groups excluding carboxylic acids is 1. The molecule has 2 atom stereocenters. The zero-order valence-corrected chi connectivity index (χ0v) is 21.2. The Labute approximate surface area is 210 Å². The second-order valence-corrected chi connectivity index (χ2v) is 13.2. The molecule has 36 heavy (non-hydrogen) atoms. The maximum Gasteiger partial charge on any atom is 0.261 e. The smallest absolute Gasteiger partial charge is 0.261 e. The highest BCUT2D eigenvalue weighted by atomic mass is 32.2. The molecule has 0 radical (unpaired) electrons. The van der Waals surface area contributed by atoms with Gasteiger partial charge >= 0.3 is 0 Å². The first-order valence-electron chi connectivity index (χ1n) is 12.5. The number of ether oxygens (including phenoxy) is 1. The van der Waals surface area contributed by atoms with Gasteiger partial charge in [0.05, 0.1) is 26.8 Å². The number of aromatic nitrogens is 2. The van der Waals surface area contributed by atoms with Gasteiger partial charge < -0.3 is 15.4 Å². The first-order valence-corrected chi connectivity index (χ1v) is 14.4. The second-order valence-electron chi connectivity index (χ2n) is 10.7. The van der Waals surface area contributed by atoms with Crippen molar-refractivity contribution in [3.05, 3.63) is 47.3 Å².